The molecule has 0 saturated heterocycles. The lowest BCUT2D eigenvalue weighted by molar-refractivity contribution is 0.102. The van der Waals surface area contributed by atoms with Crippen LogP contribution in [0.15, 0.2) is 30.9 Å². The fourth-order valence-corrected chi connectivity index (χ4v) is 3.46. The van der Waals surface area contributed by atoms with Crippen LogP contribution in [0.4, 0.5) is 5.69 Å². The van der Waals surface area contributed by atoms with E-state index in [0.717, 1.165) is 24.2 Å². The second-order valence-corrected chi connectivity index (χ2v) is 6.34. The smallest absolute Gasteiger partial charge is 0.261 e. The van der Waals surface area contributed by atoms with E-state index in [1.165, 1.54) is 19.3 Å². The molecule has 1 saturated carbocycles. The highest BCUT2D eigenvalue weighted by Gasteiger charge is 2.23. The second-order valence-electron chi connectivity index (χ2n) is 6.34. The van der Waals surface area contributed by atoms with Crippen LogP contribution < -0.4 is 5.32 Å². The van der Waals surface area contributed by atoms with E-state index in [2.05, 4.69) is 20.5 Å². The van der Waals surface area contributed by atoms with Gasteiger partial charge in [-0.1, -0.05) is 19.3 Å². The number of hydrogen-bond acceptors (Lipinski definition) is 4. The number of carbonyl (C=O) groups excluding carboxylic acids is 1. The van der Waals surface area contributed by atoms with Crippen molar-refractivity contribution < 1.29 is 4.79 Å². The van der Waals surface area contributed by atoms with Gasteiger partial charge in [-0.3, -0.25) is 9.48 Å². The topological polar surface area (TPSA) is 77.1 Å². The molecule has 3 heterocycles. The summed E-state index contributed by atoms with van der Waals surface area (Å²) in [4.78, 5) is 16.9. The molecule has 4 rings (SSSR count). The van der Waals surface area contributed by atoms with Crippen LogP contribution in [0.2, 0.25) is 0 Å². The molecule has 3 aromatic rings. The van der Waals surface area contributed by atoms with E-state index < -0.39 is 0 Å². The first kappa shape index (κ1) is 14.9. The zero-order valence-electron chi connectivity index (χ0n) is 13.6. The lowest BCUT2D eigenvalue weighted by Crippen LogP contribution is -2.14. The summed E-state index contributed by atoms with van der Waals surface area (Å²) in [6, 6.07) is 1.78. The number of fused-ring (bicyclic) bond motifs is 1. The molecule has 0 radical (unpaired) electrons. The van der Waals surface area contributed by atoms with E-state index in [-0.39, 0.29) is 5.91 Å². The van der Waals surface area contributed by atoms with Crippen LogP contribution >= 0.6 is 0 Å². The standard InChI is InChI=1S/C17H20N6O/c1-22-11-14(15(21-22)12-6-3-2-4-7-12)20-17(24)13-10-19-23-9-5-8-18-16(13)23/h5,8-12H,2-4,6-7H2,1H3,(H,20,24). The molecule has 0 atom stereocenters. The summed E-state index contributed by atoms with van der Waals surface area (Å²) < 4.78 is 3.37. The largest absolute Gasteiger partial charge is 0.319 e. The molecule has 0 aliphatic heterocycles. The zero-order chi connectivity index (χ0) is 16.5. The number of nitrogens with zero attached hydrogens (tertiary/aromatic N) is 5. The Hall–Kier alpha value is -2.70. The van der Waals surface area contributed by atoms with Crippen molar-refractivity contribution in [1.29, 1.82) is 0 Å². The lowest BCUT2D eigenvalue weighted by atomic mass is 9.86. The molecule has 1 aliphatic rings. The Morgan fingerprint density at radius 1 is 1.29 bits per heavy atom. The Kier molecular flexibility index (Phi) is 3.76. The summed E-state index contributed by atoms with van der Waals surface area (Å²) in [5.74, 6) is 0.228. The predicted molar refractivity (Wildman–Crippen MR) is 90.0 cm³/mol. The van der Waals surface area contributed by atoms with Crippen LogP contribution in [-0.2, 0) is 7.05 Å². The van der Waals surface area contributed by atoms with Gasteiger partial charge in [-0.25, -0.2) is 9.50 Å². The molecular weight excluding hydrogens is 304 g/mol. The maximum atomic E-state index is 12.7. The fourth-order valence-electron chi connectivity index (χ4n) is 3.46. The molecule has 1 aliphatic carbocycles. The van der Waals surface area contributed by atoms with Crippen LogP contribution in [0.5, 0.6) is 0 Å². The third-order valence-electron chi connectivity index (χ3n) is 4.62. The van der Waals surface area contributed by atoms with Crippen molar-refractivity contribution in [3.63, 3.8) is 0 Å². The van der Waals surface area contributed by atoms with E-state index in [1.807, 2.05) is 13.2 Å². The summed E-state index contributed by atoms with van der Waals surface area (Å²) in [5.41, 5.74) is 2.81. The summed E-state index contributed by atoms with van der Waals surface area (Å²) in [6.07, 6.45) is 12.9. The van der Waals surface area contributed by atoms with Crippen molar-refractivity contribution in [2.45, 2.75) is 38.0 Å². The van der Waals surface area contributed by atoms with Gasteiger partial charge in [0.2, 0.25) is 0 Å². The Labute approximate surface area is 139 Å². The average molecular weight is 324 g/mol. The van der Waals surface area contributed by atoms with Gasteiger partial charge in [0.15, 0.2) is 5.65 Å². The quantitative estimate of drug-likeness (QED) is 0.803. The van der Waals surface area contributed by atoms with Crippen molar-refractivity contribution in [3.05, 3.63) is 42.1 Å². The number of anilines is 1. The van der Waals surface area contributed by atoms with Crippen molar-refractivity contribution in [3.8, 4) is 0 Å². The zero-order valence-corrected chi connectivity index (χ0v) is 13.6. The Morgan fingerprint density at radius 2 is 2.12 bits per heavy atom. The molecule has 124 valence electrons. The van der Waals surface area contributed by atoms with Gasteiger partial charge in [-0.15, -0.1) is 0 Å². The number of amides is 1. The summed E-state index contributed by atoms with van der Waals surface area (Å²) >= 11 is 0. The first-order valence-corrected chi connectivity index (χ1v) is 8.35. The van der Waals surface area contributed by atoms with Gasteiger partial charge >= 0.3 is 0 Å². The molecule has 1 amide bonds. The third kappa shape index (κ3) is 2.66. The minimum absolute atomic E-state index is 0.200. The van der Waals surface area contributed by atoms with Gasteiger partial charge in [0, 0.05) is 31.6 Å². The predicted octanol–water partition coefficient (Wildman–Crippen LogP) is 2.76. The molecule has 7 nitrogen and oxygen atoms in total. The number of rotatable bonds is 3. The van der Waals surface area contributed by atoms with Gasteiger partial charge in [0.1, 0.15) is 5.56 Å². The number of aromatic nitrogens is 5. The summed E-state index contributed by atoms with van der Waals surface area (Å²) in [6.45, 7) is 0. The van der Waals surface area contributed by atoms with Gasteiger partial charge in [-0.2, -0.15) is 10.2 Å². The minimum atomic E-state index is -0.200. The van der Waals surface area contributed by atoms with Crippen molar-refractivity contribution >= 4 is 17.2 Å². The average Bonchev–Trinajstić information content (AvgIpc) is 3.19. The van der Waals surface area contributed by atoms with Crippen LogP contribution in [0, 0.1) is 0 Å². The Morgan fingerprint density at radius 3 is 2.96 bits per heavy atom. The van der Waals surface area contributed by atoms with E-state index in [0.29, 0.717) is 17.1 Å². The van der Waals surface area contributed by atoms with E-state index in [9.17, 15) is 4.79 Å². The highest BCUT2D eigenvalue weighted by atomic mass is 16.1. The van der Waals surface area contributed by atoms with Crippen molar-refractivity contribution in [2.75, 3.05) is 5.32 Å². The molecule has 0 bridgehead atoms. The first-order valence-electron chi connectivity index (χ1n) is 8.35. The first-order chi connectivity index (χ1) is 11.7. The monoisotopic (exact) mass is 324 g/mol. The highest BCUT2D eigenvalue weighted by Crippen LogP contribution is 2.35. The van der Waals surface area contributed by atoms with Gasteiger partial charge < -0.3 is 5.32 Å². The molecular formula is C17H20N6O. The molecule has 24 heavy (non-hydrogen) atoms. The molecule has 7 heteroatoms. The fraction of sp³-hybridized carbons (Fsp3) is 0.412. The van der Waals surface area contributed by atoms with Crippen LogP contribution in [0.25, 0.3) is 5.65 Å². The minimum Gasteiger partial charge on any atom is -0.319 e. The maximum Gasteiger partial charge on any atom is 0.261 e. The Balaban J connectivity index is 1.62. The lowest BCUT2D eigenvalue weighted by Gasteiger charge is -2.20. The van der Waals surface area contributed by atoms with Gasteiger partial charge in [0.05, 0.1) is 17.6 Å². The molecule has 0 unspecified atom stereocenters. The number of carbonyl (C=O) groups is 1. The molecule has 1 fully saturated rings. The SMILES string of the molecule is Cn1cc(NC(=O)c2cnn3cccnc23)c(C2CCCCC2)n1. The summed E-state index contributed by atoms with van der Waals surface area (Å²) in [5, 5.41) is 11.8. The Bertz CT molecular complexity index is 874. The van der Waals surface area contributed by atoms with Crippen molar-refractivity contribution in [2.24, 2.45) is 7.05 Å². The maximum absolute atomic E-state index is 12.7. The number of hydrogen-bond donors (Lipinski definition) is 1. The number of aryl methyl sites for hydroxylation is 1. The van der Waals surface area contributed by atoms with Crippen LogP contribution in [0.3, 0.4) is 0 Å². The third-order valence-corrected chi connectivity index (χ3v) is 4.62. The molecule has 0 aromatic carbocycles. The second kappa shape index (κ2) is 6.07. The van der Waals surface area contributed by atoms with E-state index >= 15 is 0 Å². The van der Waals surface area contributed by atoms with Gasteiger partial charge in [0.25, 0.3) is 5.91 Å². The normalized spacial score (nSPS) is 15.7. The molecule has 0 spiro atoms. The van der Waals surface area contributed by atoms with Gasteiger partial charge in [-0.05, 0) is 18.9 Å². The van der Waals surface area contributed by atoms with Crippen LogP contribution in [-0.4, -0.2) is 30.3 Å². The highest BCUT2D eigenvalue weighted by molar-refractivity contribution is 6.08. The number of nitrogens with one attached hydrogen (secondary N) is 1. The van der Waals surface area contributed by atoms with Crippen molar-refractivity contribution in [1.82, 2.24) is 24.4 Å². The summed E-state index contributed by atoms with van der Waals surface area (Å²) in [7, 11) is 1.89. The van der Waals surface area contributed by atoms with E-state index in [4.69, 9.17) is 0 Å². The van der Waals surface area contributed by atoms with E-state index in [1.54, 1.807) is 33.9 Å². The van der Waals surface area contributed by atoms with Crippen LogP contribution in [0.1, 0.15) is 54.1 Å². The molecule has 3 aromatic heterocycles. The molecule has 1 N–H and O–H groups in total.